The summed E-state index contributed by atoms with van der Waals surface area (Å²) in [5.74, 6) is 0. The highest BCUT2D eigenvalue weighted by Gasteiger charge is 2.14. The Kier molecular flexibility index (Phi) is 4.57. The van der Waals surface area contributed by atoms with Crippen molar-refractivity contribution in [3.63, 3.8) is 0 Å². The Morgan fingerprint density at radius 2 is 2.41 bits per heavy atom. The molecule has 1 N–H and O–H groups in total. The molecule has 0 amide bonds. The van der Waals surface area contributed by atoms with Crippen molar-refractivity contribution in [3.05, 3.63) is 18.0 Å². The summed E-state index contributed by atoms with van der Waals surface area (Å²) in [6.07, 6.45) is 9.22. The molecule has 0 bridgehead atoms. The zero-order chi connectivity index (χ0) is 12.1. The van der Waals surface area contributed by atoms with Gasteiger partial charge in [-0.1, -0.05) is 6.42 Å². The molecule has 2 rings (SSSR count). The van der Waals surface area contributed by atoms with Gasteiger partial charge in [-0.3, -0.25) is 4.68 Å². The molecular weight excluding hydrogens is 212 g/mol. The van der Waals surface area contributed by atoms with E-state index in [2.05, 4.69) is 28.6 Å². The fraction of sp³-hybridized carbons (Fsp3) is 0.769. The van der Waals surface area contributed by atoms with Gasteiger partial charge in [-0.15, -0.1) is 0 Å². The van der Waals surface area contributed by atoms with E-state index in [-0.39, 0.29) is 0 Å². The molecule has 1 aliphatic rings. The van der Waals surface area contributed by atoms with Crippen molar-refractivity contribution in [2.45, 2.75) is 31.7 Å². The molecule has 0 aromatic carbocycles. The largest absolute Gasteiger partial charge is 0.313 e. The molecule has 0 saturated carbocycles. The lowest BCUT2D eigenvalue weighted by molar-refractivity contribution is 0.264. The first-order chi connectivity index (χ1) is 8.24. The van der Waals surface area contributed by atoms with E-state index < -0.39 is 0 Å². The summed E-state index contributed by atoms with van der Waals surface area (Å²) in [4.78, 5) is 2.43. The van der Waals surface area contributed by atoms with Crippen LogP contribution in [0, 0.1) is 0 Å². The normalized spacial score (nSPS) is 21.0. The van der Waals surface area contributed by atoms with Crippen molar-refractivity contribution in [3.8, 4) is 0 Å². The monoisotopic (exact) mass is 236 g/mol. The third-order valence-corrected chi connectivity index (χ3v) is 3.48. The van der Waals surface area contributed by atoms with Crippen LogP contribution in [0.2, 0.25) is 0 Å². The van der Waals surface area contributed by atoms with Crippen LogP contribution >= 0.6 is 0 Å². The lowest BCUT2D eigenvalue weighted by Gasteiger charge is -2.28. The number of aryl methyl sites for hydroxylation is 1. The van der Waals surface area contributed by atoms with E-state index in [0.29, 0.717) is 6.04 Å². The topological polar surface area (TPSA) is 33.1 Å². The van der Waals surface area contributed by atoms with Crippen molar-refractivity contribution in [1.29, 1.82) is 0 Å². The highest BCUT2D eigenvalue weighted by Crippen LogP contribution is 2.08. The number of rotatable bonds is 5. The second-order valence-electron chi connectivity index (χ2n) is 5.18. The van der Waals surface area contributed by atoms with Gasteiger partial charge < -0.3 is 10.2 Å². The van der Waals surface area contributed by atoms with Crippen LogP contribution in [0.3, 0.4) is 0 Å². The van der Waals surface area contributed by atoms with Gasteiger partial charge in [-0.2, -0.15) is 5.10 Å². The lowest BCUT2D eigenvalue weighted by atomic mass is 10.0. The molecule has 2 heterocycles. The van der Waals surface area contributed by atoms with Crippen molar-refractivity contribution >= 4 is 0 Å². The zero-order valence-electron chi connectivity index (χ0n) is 11.0. The van der Waals surface area contributed by atoms with Crippen LogP contribution in [0.25, 0.3) is 0 Å². The number of aromatic nitrogens is 2. The maximum atomic E-state index is 4.20. The van der Waals surface area contributed by atoms with E-state index in [4.69, 9.17) is 0 Å². The van der Waals surface area contributed by atoms with E-state index in [0.717, 1.165) is 13.0 Å². The van der Waals surface area contributed by atoms with E-state index in [1.807, 2.05) is 17.9 Å². The van der Waals surface area contributed by atoms with Crippen molar-refractivity contribution in [2.75, 3.05) is 26.7 Å². The van der Waals surface area contributed by atoms with E-state index in [9.17, 15) is 0 Å². The fourth-order valence-electron chi connectivity index (χ4n) is 2.47. The Hall–Kier alpha value is -0.870. The number of hydrogen-bond acceptors (Lipinski definition) is 3. The number of hydrogen-bond donors (Lipinski definition) is 1. The maximum absolute atomic E-state index is 4.20. The Morgan fingerprint density at radius 3 is 3.06 bits per heavy atom. The number of nitrogens with zero attached hydrogens (tertiary/aromatic N) is 3. The van der Waals surface area contributed by atoms with Gasteiger partial charge in [0.25, 0.3) is 0 Å². The highest BCUT2D eigenvalue weighted by molar-refractivity contribution is 5.03. The first-order valence-corrected chi connectivity index (χ1v) is 6.63. The molecule has 1 unspecified atom stereocenters. The summed E-state index contributed by atoms with van der Waals surface area (Å²) in [6, 6.07) is 0.697. The third kappa shape index (κ3) is 4.13. The fourth-order valence-corrected chi connectivity index (χ4v) is 2.47. The average Bonchev–Trinajstić information content (AvgIpc) is 2.74. The minimum absolute atomic E-state index is 0.697. The van der Waals surface area contributed by atoms with E-state index >= 15 is 0 Å². The predicted molar refractivity (Wildman–Crippen MR) is 70.1 cm³/mol. The summed E-state index contributed by atoms with van der Waals surface area (Å²) < 4.78 is 1.87. The first kappa shape index (κ1) is 12.6. The van der Waals surface area contributed by atoms with Gasteiger partial charge in [-0.25, -0.2) is 0 Å². The molecule has 1 aliphatic heterocycles. The van der Waals surface area contributed by atoms with Crippen molar-refractivity contribution in [2.24, 2.45) is 7.05 Å². The molecule has 1 aromatic heterocycles. The zero-order valence-corrected chi connectivity index (χ0v) is 11.0. The molecule has 1 saturated heterocycles. The number of nitrogens with one attached hydrogen (secondary N) is 1. The molecule has 4 nitrogen and oxygen atoms in total. The van der Waals surface area contributed by atoms with Crippen LogP contribution < -0.4 is 5.32 Å². The second kappa shape index (κ2) is 6.17. The van der Waals surface area contributed by atoms with E-state index in [1.165, 1.54) is 37.9 Å². The van der Waals surface area contributed by atoms with Gasteiger partial charge in [-0.05, 0) is 38.4 Å². The van der Waals surface area contributed by atoms with Crippen LogP contribution in [0.4, 0.5) is 0 Å². The SMILES string of the molecule is CN(CCc1cnn(C)c1)CC1CCCCN1. The quantitative estimate of drug-likeness (QED) is 0.829. The first-order valence-electron chi connectivity index (χ1n) is 6.63. The van der Waals surface area contributed by atoms with Crippen molar-refractivity contribution in [1.82, 2.24) is 20.0 Å². The van der Waals surface area contributed by atoms with Gasteiger partial charge >= 0.3 is 0 Å². The second-order valence-corrected chi connectivity index (χ2v) is 5.18. The highest BCUT2D eigenvalue weighted by atomic mass is 15.2. The van der Waals surface area contributed by atoms with Gasteiger partial charge in [0, 0.05) is 32.4 Å². The summed E-state index contributed by atoms with van der Waals surface area (Å²) >= 11 is 0. The smallest absolute Gasteiger partial charge is 0.0522 e. The van der Waals surface area contributed by atoms with Gasteiger partial charge in [0.15, 0.2) is 0 Å². The van der Waals surface area contributed by atoms with Crippen LogP contribution in [0.15, 0.2) is 12.4 Å². The third-order valence-electron chi connectivity index (χ3n) is 3.48. The molecule has 1 atom stereocenters. The van der Waals surface area contributed by atoms with Crippen LogP contribution in [-0.4, -0.2) is 47.4 Å². The molecule has 0 radical (unpaired) electrons. The van der Waals surface area contributed by atoms with Crippen LogP contribution in [0.1, 0.15) is 24.8 Å². The minimum atomic E-state index is 0.697. The summed E-state index contributed by atoms with van der Waals surface area (Å²) in [5.41, 5.74) is 1.33. The lowest BCUT2D eigenvalue weighted by Crippen LogP contribution is -2.42. The molecule has 4 heteroatoms. The maximum Gasteiger partial charge on any atom is 0.0522 e. The van der Waals surface area contributed by atoms with Gasteiger partial charge in [0.1, 0.15) is 0 Å². The van der Waals surface area contributed by atoms with Gasteiger partial charge in [0.2, 0.25) is 0 Å². The molecule has 1 aromatic rings. The average molecular weight is 236 g/mol. The molecule has 96 valence electrons. The molecule has 17 heavy (non-hydrogen) atoms. The number of piperidine rings is 1. The van der Waals surface area contributed by atoms with Crippen LogP contribution in [-0.2, 0) is 13.5 Å². The van der Waals surface area contributed by atoms with Gasteiger partial charge in [0.05, 0.1) is 6.20 Å². The number of likely N-dealkylation sites (N-methyl/N-ethyl adjacent to an activating group) is 1. The Bertz CT molecular complexity index is 328. The Morgan fingerprint density at radius 1 is 1.53 bits per heavy atom. The summed E-state index contributed by atoms with van der Waals surface area (Å²) in [6.45, 7) is 3.48. The predicted octanol–water partition coefficient (Wildman–Crippen LogP) is 1.04. The standard InChI is InChI=1S/C13H24N4/c1-16(11-13-5-3-4-7-14-13)8-6-12-9-15-17(2)10-12/h9-10,13-14H,3-8,11H2,1-2H3. The Balaban J connectivity index is 1.68. The van der Waals surface area contributed by atoms with Crippen LogP contribution in [0.5, 0.6) is 0 Å². The molecule has 1 fully saturated rings. The van der Waals surface area contributed by atoms with Crippen molar-refractivity contribution < 1.29 is 0 Å². The molecule has 0 spiro atoms. The summed E-state index contributed by atoms with van der Waals surface area (Å²) in [5, 5.41) is 7.79. The summed E-state index contributed by atoms with van der Waals surface area (Å²) in [7, 11) is 4.19. The molecule has 0 aliphatic carbocycles. The molecular formula is C13H24N4. The minimum Gasteiger partial charge on any atom is -0.313 e. The van der Waals surface area contributed by atoms with E-state index in [1.54, 1.807) is 0 Å². The Labute approximate surface area is 104 Å².